The number of nitrogens with zero attached hydrogens (tertiary/aromatic N) is 3. The number of thioether (sulfide) groups is 1. The van der Waals surface area contributed by atoms with E-state index >= 15 is 0 Å². The molecule has 2 heterocycles. The number of hydrogen-bond donors (Lipinski definition) is 2. The molecule has 3 aliphatic rings. The number of nitrogens with one attached hydrogen (secondary N) is 1. The first-order valence-electron chi connectivity index (χ1n) is 21.3. The lowest BCUT2D eigenvalue weighted by atomic mass is 9.59. The molecule has 3 atom stereocenters. The summed E-state index contributed by atoms with van der Waals surface area (Å²) in [6.45, 7) is 5.77. The van der Waals surface area contributed by atoms with Gasteiger partial charge < -0.3 is 24.6 Å². The number of fused-ring (bicyclic) bond motifs is 3. The van der Waals surface area contributed by atoms with Gasteiger partial charge in [-0.25, -0.2) is 14.8 Å². The van der Waals surface area contributed by atoms with E-state index in [4.69, 9.17) is 30.8 Å². The predicted octanol–water partition coefficient (Wildman–Crippen LogP) is 11.0. The van der Waals surface area contributed by atoms with Crippen LogP contribution in [0.5, 0.6) is 17.2 Å². The van der Waals surface area contributed by atoms with Crippen molar-refractivity contribution >= 4 is 35.0 Å². The molecule has 11 heteroatoms. The van der Waals surface area contributed by atoms with Gasteiger partial charge in [0.1, 0.15) is 22.8 Å². The second kappa shape index (κ2) is 18.4. The molecule has 2 N–H and O–H groups in total. The van der Waals surface area contributed by atoms with E-state index in [-0.39, 0.29) is 5.41 Å². The van der Waals surface area contributed by atoms with E-state index in [1.165, 1.54) is 28.8 Å². The molecule has 60 heavy (non-hydrogen) atoms. The minimum absolute atomic E-state index is 0.177. The Hall–Kier alpha value is -4.80. The van der Waals surface area contributed by atoms with E-state index in [9.17, 15) is 9.90 Å². The molecule has 0 bridgehead atoms. The highest BCUT2D eigenvalue weighted by molar-refractivity contribution is 7.98. The number of pyridine rings is 1. The van der Waals surface area contributed by atoms with Crippen LogP contribution in [0.2, 0.25) is 5.02 Å². The predicted molar refractivity (Wildman–Crippen MR) is 240 cm³/mol. The number of anilines is 1. The van der Waals surface area contributed by atoms with Crippen molar-refractivity contribution in [2.24, 2.45) is 11.8 Å². The van der Waals surface area contributed by atoms with E-state index in [2.05, 4.69) is 47.3 Å². The summed E-state index contributed by atoms with van der Waals surface area (Å²) >= 11 is 8.10. The number of rotatable bonds is 16. The molecule has 0 radical (unpaired) electrons. The highest BCUT2D eigenvalue weighted by atomic mass is 35.5. The first kappa shape index (κ1) is 41.9. The molecule has 3 aliphatic carbocycles. The first-order valence-corrected chi connectivity index (χ1v) is 22.9. The van der Waals surface area contributed by atoms with Gasteiger partial charge in [-0.1, -0.05) is 49.7 Å². The third kappa shape index (κ3) is 8.96. The highest BCUT2D eigenvalue weighted by Gasteiger charge is 2.54. The van der Waals surface area contributed by atoms with Crippen molar-refractivity contribution in [3.63, 3.8) is 0 Å². The monoisotopic (exact) mass is 846 g/mol. The zero-order valence-corrected chi connectivity index (χ0v) is 36.4. The fraction of sp³-hybridized carbons (Fsp3) is 0.429. The second-order valence-electron chi connectivity index (χ2n) is 17.0. The van der Waals surface area contributed by atoms with Gasteiger partial charge in [0, 0.05) is 45.9 Å². The van der Waals surface area contributed by atoms with Crippen LogP contribution >= 0.6 is 23.4 Å². The first-order chi connectivity index (χ1) is 29.2. The van der Waals surface area contributed by atoms with Gasteiger partial charge >= 0.3 is 5.97 Å². The molecule has 2 aromatic heterocycles. The number of carboxylic acid groups (broad SMARTS) is 1. The maximum Gasteiger partial charge on any atom is 0.329 e. The normalized spacial score (nSPS) is 22.4. The Morgan fingerprint density at radius 3 is 2.63 bits per heavy atom. The number of carboxylic acids is 1. The average molecular weight is 848 g/mol. The van der Waals surface area contributed by atoms with Crippen LogP contribution in [0.25, 0.3) is 11.4 Å². The molecule has 5 aromatic rings. The summed E-state index contributed by atoms with van der Waals surface area (Å²) in [5.74, 6) is 5.04. The molecule has 0 saturated heterocycles. The van der Waals surface area contributed by atoms with Gasteiger partial charge in [-0.15, -0.1) is 0 Å². The Balaban J connectivity index is 0.960. The number of benzene rings is 3. The summed E-state index contributed by atoms with van der Waals surface area (Å²) < 4.78 is 18.6. The fourth-order valence-electron chi connectivity index (χ4n) is 10.00. The van der Waals surface area contributed by atoms with Gasteiger partial charge in [0.05, 0.1) is 31.6 Å². The van der Waals surface area contributed by atoms with Crippen molar-refractivity contribution in [1.29, 1.82) is 0 Å². The number of carbonyl (C=O) groups is 1. The molecule has 1 unspecified atom stereocenters. The maximum atomic E-state index is 13.1. The Kier molecular flexibility index (Phi) is 12.9. The van der Waals surface area contributed by atoms with Gasteiger partial charge in [0.2, 0.25) is 0 Å². The quantitative estimate of drug-likeness (QED) is 0.0930. The molecule has 0 aliphatic heterocycles. The van der Waals surface area contributed by atoms with Crippen molar-refractivity contribution in [1.82, 2.24) is 15.0 Å². The number of halogens is 1. The Morgan fingerprint density at radius 1 is 0.983 bits per heavy atom. The third-order valence-corrected chi connectivity index (χ3v) is 14.3. The minimum atomic E-state index is -1.09. The van der Waals surface area contributed by atoms with Crippen LogP contribution in [0.15, 0.2) is 91.3 Å². The summed E-state index contributed by atoms with van der Waals surface area (Å²) in [6, 6.07) is 25.8. The van der Waals surface area contributed by atoms with Crippen LogP contribution in [0.1, 0.15) is 92.8 Å². The summed E-state index contributed by atoms with van der Waals surface area (Å²) in [4.78, 5) is 27.1. The SMILES string of the molecule is COc1ccccc1-c1nccc(CSCCOc2ccc3c(c2)C2(CCC(Nc4cccc(Cl)c4)(C(=O)O)CC2)C(C[C@@H](C)COc2ccnc4c2[C@H](C)CCC4)C3)n1. The van der Waals surface area contributed by atoms with Gasteiger partial charge in [0.25, 0.3) is 0 Å². The van der Waals surface area contributed by atoms with Crippen molar-refractivity contribution in [3.8, 4) is 28.6 Å². The Morgan fingerprint density at radius 2 is 1.82 bits per heavy atom. The van der Waals surface area contributed by atoms with Crippen LogP contribution in [-0.2, 0) is 28.8 Å². The van der Waals surface area contributed by atoms with E-state index in [0.29, 0.717) is 54.7 Å². The summed E-state index contributed by atoms with van der Waals surface area (Å²) in [5, 5.41) is 14.7. The number of aryl methyl sites for hydroxylation is 1. The molecule has 3 aromatic carbocycles. The van der Waals surface area contributed by atoms with Crippen LogP contribution in [0.3, 0.4) is 0 Å². The number of para-hydroxylation sites is 1. The van der Waals surface area contributed by atoms with Gasteiger partial charge in [-0.05, 0) is 147 Å². The molecule has 0 amide bonds. The van der Waals surface area contributed by atoms with Crippen LogP contribution in [-0.4, -0.2) is 57.6 Å². The number of ether oxygens (including phenoxy) is 3. The lowest BCUT2D eigenvalue weighted by molar-refractivity contribution is -0.144. The number of hydrogen-bond acceptors (Lipinski definition) is 9. The van der Waals surface area contributed by atoms with Crippen LogP contribution in [0.4, 0.5) is 5.69 Å². The summed E-state index contributed by atoms with van der Waals surface area (Å²) in [7, 11) is 1.66. The fourth-order valence-corrected chi connectivity index (χ4v) is 10.9. The van der Waals surface area contributed by atoms with Crippen molar-refractivity contribution in [3.05, 3.63) is 124 Å². The standard InChI is InChI=1S/C49H55ClN4O5S/c1-32(30-59-44-17-23-51-42-12-6-8-33(2)45(42)44)26-35-27-34-14-15-39(58-24-25-60-31-38-16-22-52-46(53-38)40-11-4-5-13-43(40)57-3)29-41(34)48(35)18-20-49(21-19-48,47(55)56)54-37-10-7-9-36(50)28-37/h4-5,7,9-11,13-17,22-23,28-29,32-33,35,54H,6,8,12,18-21,24-27,30-31H2,1-3H3,(H,55,56)/t32-,33-,35?,48?,49?/m1/s1. The molecule has 1 spiro atoms. The number of methoxy groups -OCH3 is 1. The highest BCUT2D eigenvalue weighted by Crippen LogP contribution is 2.57. The maximum absolute atomic E-state index is 13.1. The average Bonchev–Trinajstić information content (AvgIpc) is 3.54. The lowest BCUT2D eigenvalue weighted by Gasteiger charge is -2.47. The lowest BCUT2D eigenvalue weighted by Crippen LogP contribution is -2.53. The van der Waals surface area contributed by atoms with Crippen LogP contribution in [0, 0.1) is 11.8 Å². The van der Waals surface area contributed by atoms with Crippen molar-refractivity contribution < 1.29 is 24.1 Å². The number of aromatic nitrogens is 3. The van der Waals surface area contributed by atoms with Gasteiger partial charge in [-0.3, -0.25) is 4.98 Å². The number of aliphatic carboxylic acids is 1. The second-order valence-corrected chi connectivity index (χ2v) is 18.5. The molecule has 314 valence electrons. The smallest absolute Gasteiger partial charge is 0.329 e. The van der Waals surface area contributed by atoms with Crippen LogP contribution < -0.4 is 19.5 Å². The van der Waals surface area contributed by atoms with E-state index in [1.807, 2.05) is 60.8 Å². The zero-order chi connectivity index (χ0) is 41.7. The van der Waals surface area contributed by atoms with Gasteiger partial charge in [0.15, 0.2) is 5.82 Å². The van der Waals surface area contributed by atoms with E-state index in [0.717, 1.165) is 84.2 Å². The largest absolute Gasteiger partial charge is 0.496 e. The molecular weight excluding hydrogens is 792 g/mol. The Bertz CT molecular complexity index is 2300. The Labute approximate surface area is 363 Å². The summed E-state index contributed by atoms with van der Waals surface area (Å²) in [6.07, 6.45) is 11.5. The van der Waals surface area contributed by atoms with Crippen molar-refractivity contribution in [2.75, 3.05) is 31.4 Å². The third-order valence-electron chi connectivity index (χ3n) is 13.1. The molecule has 8 rings (SSSR count). The molecule has 9 nitrogen and oxygen atoms in total. The van der Waals surface area contributed by atoms with E-state index < -0.39 is 11.5 Å². The van der Waals surface area contributed by atoms with Crippen molar-refractivity contribution in [2.45, 2.75) is 94.3 Å². The van der Waals surface area contributed by atoms with E-state index in [1.54, 1.807) is 31.1 Å². The van der Waals surface area contributed by atoms with Gasteiger partial charge in [-0.2, -0.15) is 11.8 Å². The molecule has 1 saturated carbocycles. The topological polar surface area (TPSA) is 116 Å². The summed E-state index contributed by atoms with van der Waals surface area (Å²) in [5.41, 5.74) is 6.41. The molecule has 1 fully saturated rings. The minimum Gasteiger partial charge on any atom is -0.496 e. The molecular formula is C49H55ClN4O5S. The zero-order valence-electron chi connectivity index (χ0n) is 34.8.